The van der Waals surface area contributed by atoms with Crippen LogP contribution in [0.25, 0.3) is 0 Å². The maximum Gasteiger partial charge on any atom is 0.261 e. The highest BCUT2D eigenvalue weighted by molar-refractivity contribution is 7.92. The van der Waals surface area contributed by atoms with Crippen molar-refractivity contribution in [2.24, 2.45) is 5.73 Å². The van der Waals surface area contributed by atoms with Gasteiger partial charge in [-0.25, -0.2) is 8.42 Å². The summed E-state index contributed by atoms with van der Waals surface area (Å²) in [6.07, 6.45) is 0. The number of rotatable bonds is 8. The van der Waals surface area contributed by atoms with Gasteiger partial charge in [-0.2, -0.15) is 0 Å². The van der Waals surface area contributed by atoms with Crippen molar-refractivity contribution in [2.45, 2.75) is 4.90 Å². The van der Waals surface area contributed by atoms with Crippen LogP contribution in [0.2, 0.25) is 0 Å². The summed E-state index contributed by atoms with van der Waals surface area (Å²) in [6.45, 7) is -0.282. The number of primary amides is 1. The number of nitrogens with two attached hydrogens (primary N) is 1. The van der Waals surface area contributed by atoms with Gasteiger partial charge in [0.15, 0.2) is 18.1 Å². The molecule has 0 heterocycles. The van der Waals surface area contributed by atoms with Crippen molar-refractivity contribution >= 4 is 21.6 Å². The van der Waals surface area contributed by atoms with Crippen LogP contribution in [-0.4, -0.2) is 35.2 Å². The SMILES string of the molecule is COc1ccc(NS(=O)(=O)c2ccc(OCC(N)=O)cc2)cc1OC. The lowest BCUT2D eigenvalue weighted by Crippen LogP contribution is -2.20. The lowest BCUT2D eigenvalue weighted by Gasteiger charge is -2.12. The predicted octanol–water partition coefficient (Wildman–Crippen LogP) is 1.37. The van der Waals surface area contributed by atoms with E-state index in [4.69, 9.17) is 19.9 Å². The Morgan fingerprint density at radius 3 is 2.24 bits per heavy atom. The summed E-state index contributed by atoms with van der Waals surface area (Å²) in [6, 6.07) is 10.3. The molecule has 25 heavy (non-hydrogen) atoms. The van der Waals surface area contributed by atoms with Crippen molar-refractivity contribution < 1.29 is 27.4 Å². The zero-order valence-corrected chi connectivity index (χ0v) is 14.5. The lowest BCUT2D eigenvalue weighted by molar-refractivity contribution is -0.119. The zero-order valence-electron chi connectivity index (χ0n) is 13.7. The van der Waals surface area contributed by atoms with E-state index in [1.807, 2.05) is 0 Å². The molecule has 9 heteroatoms. The maximum absolute atomic E-state index is 12.4. The molecular weight excluding hydrogens is 348 g/mol. The molecule has 8 nitrogen and oxygen atoms in total. The molecule has 0 aliphatic heterocycles. The fourth-order valence-corrected chi connectivity index (χ4v) is 3.03. The van der Waals surface area contributed by atoms with Crippen LogP contribution in [0.5, 0.6) is 17.2 Å². The average molecular weight is 366 g/mol. The number of nitrogens with one attached hydrogen (secondary N) is 1. The third-order valence-corrected chi connectivity index (χ3v) is 4.55. The van der Waals surface area contributed by atoms with Gasteiger partial charge < -0.3 is 19.9 Å². The Bertz CT molecular complexity index is 849. The summed E-state index contributed by atoms with van der Waals surface area (Å²) in [7, 11) is -0.851. The highest BCUT2D eigenvalue weighted by Gasteiger charge is 2.15. The molecule has 2 aromatic carbocycles. The van der Waals surface area contributed by atoms with E-state index in [1.165, 1.54) is 44.6 Å². The summed E-state index contributed by atoms with van der Waals surface area (Å²) in [5.41, 5.74) is 5.31. The van der Waals surface area contributed by atoms with E-state index in [-0.39, 0.29) is 11.5 Å². The molecule has 0 aromatic heterocycles. The van der Waals surface area contributed by atoms with Gasteiger partial charge in [0.05, 0.1) is 24.8 Å². The maximum atomic E-state index is 12.4. The number of carbonyl (C=O) groups excluding carboxylic acids is 1. The summed E-state index contributed by atoms with van der Waals surface area (Å²) in [5.74, 6) is 0.606. The van der Waals surface area contributed by atoms with Crippen LogP contribution >= 0.6 is 0 Å². The summed E-state index contributed by atoms with van der Waals surface area (Å²) >= 11 is 0. The normalized spacial score (nSPS) is 10.8. The van der Waals surface area contributed by atoms with E-state index in [1.54, 1.807) is 12.1 Å². The quantitative estimate of drug-likeness (QED) is 0.729. The molecule has 134 valence electrons. The largest absolute Gasteiger partial charge is 0.493 e. The van der Waals surface area contributed by atoms with E-state index < -0.39 is 15.9 Å². The molecule has 0 spiro atoms. The Hall–Kier alpha value is -2.94. The molecule has 0 saturated heterocycles. The van der Waals surface area contributed by atoms with Gasteiger partial charge in [-0.3, -0.25) is 9.52 Å². The number of hydrogen-bond donors (Lipinski definition) is 2. The van der Waals surface area contributed by atoms with Crippen molar-refractivity contribution in [3.8, 4) is 17.2 Å². The predicted molar refractivity (Wildman–Crippen MR) is 91.5 cm³/mol. The van der Waals surface area contributed by atoms with Crippen molar-refractivity contribution in [3.63, 3.8) is 0 Å². The molecule has 0 radical (unpaired) electrons. The van der Waals surface area contributed by atoms with Gasteiger partial charge in [0, 0.05) is 6.07 Å². The molecule has 0 saturated carbocycles. The second kappa shape index (κ2) is 7.75. The van der Waals surface area contributed by atoms with Gasteiger partial charge in [0.2, 0.25) is 0 Å². The van der Waals surface area contributed by atoms with Gasteiger partial charge >= 0.3 is 0 Å². The molecule has 0 unspecified atom stereocenters. The number of benzene rings is 2. The minimum atomic E-state index is -3.80. The molecule has 0 aliphatic carbocycles. The summed E-state index contributed by atoms with van der Waals surface area (Å²) < 4.78 is 42.7. The van der Waals surface area contributed by atoms with Crippen molar-refractivity contribution in [2.75, 3.05) is 25.5 Å². The number of hydrogen-bond acceptors (Lipinski definition) is 6. The van der Waals surface area contributed by atoms with E-state index in [0.29, 0.717) is 22.9 Å². The topological polar surface area (TPSA) is 117 Å². The molecule has 3 N–H and O–H groups in total. The smallest absolute Gasteiger partial charge is 0.261 e. The average Bonchev–Trinajstić information content (AvgIpc) is 2.59. The first-order valence-corrected chi connectivity index (χ1v) is 8.60. The monoisotopic (exact) mass is 366 g/mol. The summed E-state index contributed by atoms with van der Waals surface area (Å²) in [4.78, 5) is 10.7. The molecule has 0 bridgehead atoms. The second-order valence-electron chi connectivity index (χ2n) is 4.90. The van der Waals surface area contributed by atoms with Crippen LogP contribution in [-0.2, 0) is 14.8 Å². The van der Waals surface area contributed by atoms with Gasteiger partial charge in [0.25, 0.3) is 15.9 Å². The second-order valence-corrected chi connectivity index (χ2v) is 6.58. The fraction of sp³-hybridized carbons (Fsp3) is 0.188. The third kappa shape index (κ3) is 4.77. The van der Waals surface area contributed by atoms with E-state index in [0.717, 1.165) is 0 Å². The highest BCUT2D eigenvalue weighted by Crippen LogP contribution is 2.30. The number of anilines is 1. The molecule has 0 fully saturated rings. The van der Waals surface area contributed by atoms with Gasteiger partial charge in [-0.05, 0) is 36.4 Å². The standard InChI is InChI=1S/C16H18N2O6S/c1-22-14-8-3-11(9-15(14)23-2)18-25(20,21)13-6-4-12(5-7-13)24-10-16(17)19/h3-9,18H,10H2,1-2H3,(H2,17,19). The third-order valence-electron chi connectivity index (χ3n) is 3.15. The lowest BCUT2D eigenvalue weighted by atomic mass is 10.3. The Morgan fingerprint density at radius 2 is 1.68 bits per heavy atom. The number of ether oxygens (including phenoxy) is 3. The Labute approximate surface area is 145 Å². The first kappa shape index (κ1) is 18.4. The first-order chi connectivity index (χ1) is 11.9. The van der Waals surface area contributed by atoms with Gasteiger partial charge in [0.1, 0.15) is 5.75 Å². The van der Waals surface area contributed by atoms with E-state index in [2.05, 4.69) is 4.72 Å². The van der Waals surface area contributed by atoms with E-state index in [9.17, 15) is 13.2 Å². The fourth-order valence-electron chi connectivity index (χ4n) is 1.98. The molecular formula is C16H18N2O6S. The Balaban J connectivity index is 2.17. The zero-order chi connectivity index (χ0) is 18.4. The number of carbonyl (C=O) groups is 1. The first-order valence-electron chi connectivity index (χ1n) is 7.11. The minimum Gasteiger partial charge on any atom is -0.493 e. The van der Waals surface area contributed by atoms with Crippen LogP contribution in [0.15, 0.2) is 47.4 Å². The summed E-state index contributed by atoms with van der Waals surface area (Å²) in [5, 5.41) is 0. The number of methoxy groups -OCH3 is 2. The number of amides is 1. The van der Waals surface area contributed by atoms with Crippen molar-refractivity contribution in [1.82, 2.24) is 0 Å². The number of sulfonamides is 1. The van der Waals surface area contributed by atoms with Crippen LogP contribution < -0.4 is 24.7 Å². The Kier molecular flexibility index (Phi) is 5.71. The molecule has 0 atom stereocenters. The van der Waals surface area contributed by atoms with Gasteiger partial charge in [-0.15, -0.1) is 0 Å². The van der Waals surface area contributed by atoms with Crippen LogP contribution in [0.4, 0.5) is 5.69 Å². The molecule has 0 aliphatic rings. The molecule has 2 aromatic rings. The van der Waals surface area contributed by atoms with Gasteiger partial charge in [-0.1, -0.05) is 0 Å². The molecule has 1 amide bonds. The van der Waals surface area contributed by atoms with Crippen molar-refractivity contribution in [3.05, 3.63) is 42.5 Å². The Morgan fingerprint density at radius 1 is 1.04 bits per heavy atom. The van der Waals surface area contributed by atoms with Crippen LogP contribution in [0.3, 0.4) is 0 Å². The van der Waals surface area contributed by atoms with Crippen LogP contribution in [0.1, 0.15) is 0 Å². The molecule has 2 rings (SSSR count). The minimum absolute atomic E-state index is 0.0358. The van der Waals surface area contributed by atoms with Crippen LogP contribution in [0, 0.1) is 0 Å². The highest BCUT2D eigenvalue weighted by atomic mass is 32.2. The van der Waals surface area contributed by atoms with E-state index >= 15 is 0 Å². The van der Waals surface area contributed by atoms with Crippen molar-refractivity contribution in [1.29, 1.82) is 0 Å².